The first-order valence-corrected chi connectivity index (χ1v) is 11.5. The zero-order valence-electron chi connectivity index (χ0n) is 19.5. The topological polar surface area (TPSA) is 106 Å². The maximum atomic E-state index is 12.4. The van der Waals surface area contributed by atoms with Gasteiger partial charge in [-0.2, -0.15) is 5.26 Å². The maximum absolute atomic E-state index is 12.4. The van der Waals surface area contributed by atoms with Crippen LogP contribution in [0.15, 0.2) is 42.0 Å². The molecule has 3 aromatic rings. The van der Waals surface area contributed by atoms with Gasteiger partial charge in [0.2, 0.25) is 5.13 Å². The van der Waals surface area contributed by atoms with Crippen LogP contribution in [0, 0.1) is 32.1 Å². The van der Waals surface area contributed by atoms with Crippen LogP contribution in [-0.4, -0.2) is 35.9 Å². The molecule has 2 aromatic carbocycles. The zero-order valence-corrected chi connectivity index (χ0v) is 20.4. The van der Waals surface area contributed by atoms with Crippen molar-refractivity contribution in [2.24, 2.45) is 0 Å². The Bertz CT molecular complexity index is 1230. The van der Waals surface area contributed by atoms with E-state index in [1.165, 1.54) is 23.0 Å². The molecule has 1 amide bonds. The maximum Gasteiger partial charge on any atom is 0.268 e. The lowest BCUT2D eigenvalue weighted by Gasteiger charge is -2.14. The third-order valence-electron chi connectivity index (χ3n) is 4.62. The van der Waals surface area contributed by atoms with E-state index in [9.17, 15) is 10.1 Å². The van der Waals surface area contributed by atoms with Crippen molar-refractivity contribution in [3.8, 4) is 23.3 Å². The molecule has 0 aliphatic heterocycles. The minimum Gasteiger partial charge on any atom is -0.490 e. The fraction of sp³-hybridized carbons (Fsp3) is 0.280. The smallest absolute Gasteiger partial charge is 0.268 e. The summed E-state index contributed by atoms with van der Waals surface area (Å²) in [7, 11) is 0. The number of benzene rings is 2. The number of rotatable bonds is 10. The fourth-order valence-electron chi connectivity index (χ4n) is 3.09. The minimum absolute atomic E-state index is 0.0640. The predicted octanol–water partition coefficient (Wildman–Crippen LogP) is 4.87. The van der Waals surface area contributed by atoms with Crippen LogP contribution in [0.3, 0.4) is 0 Å². The first-order valence-electron chi connectivity index (χ1n) is 10.7. The van der Waals surface area contributed by atoms with Crippen LogP contribution in [0.2, 0.25) is 0 Å². The minimum atomic E-state index is -0.555. The third kappa shape index (κ3) is 6.80. The highest BCUT2D eigenvalue weighted by Crippen LogP contribution is 2.30. The van der Waals surface area contributed by atoms with E-state index in [-0.39, 0.29) is 5.57 Å². The van der Waals surface area contributed by atoms with Crippen molar-refractivity contribution in [3.05, 3.63) is 63.7 Å². The molecule has 176 valence electrons. The summed E-state index contributed by atoms with van der Waals surface area (Å²) < 4.78 is 17.4. The van der Waals surface area contributed by atoms with E-state index in [2.05, 4.69) is 21.6 Å². The van der Waals surface area contributed by atoms with Crippen LogP contribution in [0.25, 0.3) is 6.08 Å². The summed E-state index contributed by atoms with van der Waals surface area (Å²) in [4.78, 5) is 12.4. The quantitative estimate of drug-likeness (QED) is 0.252. The molecular weight excluding hydrogens is 452 g/mol. The van der Waals surface area contributed by atoms with E-state index in [1.54, 1.807) is 25.1 Å². The molecule has 0 spiro atoms. The van der Waals surface area contributed by atoms with E-state index in [0.29, 0.717) is 47.0 Å². The lowest BCUT2D eigenvalue weighted by Crippen LogP contribution is -2.13. The molecule has 0 saturated heterocycles. The van der Waals surface area contributed by atoms with Gasteiger partial charge in [-0.05, 0) is 63.1 Å². The molecule has 1 N–H and O–H groups in total. The Morgan fingerprint density at radius 2 is 1.76 bits per heavy atom. The van der Waals surface area contributed by atoms with E-state index >= 15 is 0 Å². The van der Waals surface area contributed by atoms with Crippen LogP contribution in [-0.2, 0) is 4.79 Å². The van der Waals surface area contributed by atoms with Gasteiger partial charge in [-0.15, -0.1) is 10.2 Å². The fourth-order valence-corrected chi connectivity index (χ4v) is 3.68. The summed E-state index contributed by atoms with van der Waals surface area (Å²) in [5.74, 6) is 1.34. The number of nitrogens with zero attached hydrogens (tertiary/aromatic N) is 3. The lowest BCUT2D eigenvalue weighted by molar-refractivity contribution is -0.112. The van der Waals surface area contributed by atoms with E-state index in [1.807, 2.05) is 39.0 Å². The average Bonchev–Trinajstić information content (AvgIpc) is 3.21. The number of aryl methyl sites for hydroxylation is 3. The van der Waals surface area contributed by atoms with Crippen molar-refractivity contribution in [1.82, 2.24) is 10.2 Å². The third-order valence-corrected chi connectivity index (χ3v) is 5.37. The van der Waals surface area contributed by atoms with Crippen LogP contribution < -0.4 is 19.5 Å². The lowest BCUT2D eigenvalue weighted by atomic mass is 10.1. The highest BCUT2D eigenvalue weighted by molar-refractivity contribution is 7.15. The molecule has 9 heteroatoms. The number of nitriles is 1. The summed E-state index contributed by atoms with van der Waals surface area (Å²) in [5.41, 5.74) is 2.82. The second kappa shape index (κ2) is 11.8. The van der Waals surface area contributed by atoms with E-state index in [0.717, 1.165) is 11.3 Å². The number of amides is 1. The molecule has 3 rings (SSSR count). The molecule has 1 heterocycles. The van der Waals surface area contributed by atoms with Gasteiger partial charge in [0.1, 0.15) is 35.6 Å². The van der Waals surface area contributed by atoms with Gasteiger partial charge < -0.3 is 14.2 Å². The molecule has 0 unspecified atom stereocenters. The van der Waals surface area contributed by atoms with Gasteiger partial charge in [-0.25, -0.2) is 0 Å². The van der Waals surface area contributed by atoms with Gasteiger partial charge in [0.25, 0.3) is 5.91 Å². The number of hydrogen-bond donors (Lipinski definition) is 1. The van der Waals surface area contributed by atoms with Crippen molar-refractivity contribution in [3.63, 3.8) is 0 Å². The van der Waals surface area contributed by atoms with Gasteiger partial charge in [0, 0.05) is 0 Å². The standard InChI is InChI=1S/C25H26N4O4S/c1-5-31-23-14-19(13-20(15-26)24(30)27-25-29-28-18(4)34-25)7-9-22(23)33-11-10-32-21-8-6-16(2)12-17(21)3/h6-9,12-14H,5,10-11H2,1-4H3,(H,27,29,30)/b20-13-. The van der Waals surface area contributed by atoms with Crippen LogP contribution in [0.4, 0.5) is 5.13 Å². The first-order chi connectivity index (χ1) is 16.4. The summed E-state index contributed by atoms with van der Waals surface area (Å²) in [6.07, 6.45) is 1.48. The number of carbonyl (C=O) groups excluding carboxylic acids is 1. The SMILES string of the molecule is CCOc1cc(/C=C(/C#N)C(=O)Nc2nnc(C)s2)ccc1OCCOc1ccc(C)cc1C. The predicted molar refractivity (Wildman–Crippen MR) is 131 cm³/mol. The monoisotopic (exact) mass is 478 g/mol. The number of hydrogen-bond acceptors (Lipinski definition) is 8. The number of aromatic nitrogens is 2. The number of ether oxygens (including phenoxy) is 3. The summed E-state index contributed by atoms with van der Waals surface area (Å²) in [6, 6.07) is 13.2. The molecular formula is C25H26N4O4S. The van der Waals surface area contributed by atoms with Gasteiger partial charge in [-0.3, -0.25) is 10.1 Å². The van der Waals surface area contributed by atoms with Gasteiger partial charge in [-0.1, -0.05) is 35.1 Å². The number of anilines is 1. The number of nitrogens with one attached hydrogen (secondary N) is 1. The Hall–Kier alpha value is -3.90. The van der Waals surface area contributed by atoms with Gasteiger partial charge in [0.05, 0.1) is 6.61 Å². The van der Waals surface area contributed by atoms with Crippen molar-refractivity contribution in [2.75, 3.05) is 25.1 Å². The average molecular weight is 479 g/mol. The molecule has 0 fully saturated rings. The Balaban J connectivity index is 1.66. The molecule has 8 nitrogen and oxygen atoms in total. The summed E-state index contributed by atoms with van der Waals surface area (Å²) in [6.45, 7) is 8.84. The highest BCUT2D eigenvalue weighted by atomic mass is 32.1. The molecule has 0 radical (unpaired) electrons. The van der Waals surface area contributed by atoms with Crippen molar-refractivity contribution in [1.29, 1.82) is 5.26 Å². The first kappa shape index (κ1) is 24.7. The van der Waals surface area contributed by atoms with Crippen LogP contribution >= 0.6 is 11.3 Å². The summed E-state index contributed by atoms with van der Waals surface area (Å²) >= 11 is 1.23. The second-order valence-corrected chi connectivity index (χ2v) is 8.54. The van der Waals surface area contributed by atoms with Crippen LogP contribution in [0.1, 0.15) is 28.6 Å². The Morgan fingerprint density at radius 1 is 1.03 bits per heavy atom. The molecule has 1 aromatic heterocycles. The zero-order chi connectivity index (χ0) is 24.5. The normalized spacial score (nSPS) is 11.0. The Morgan fingerprint density at radius 3 is 2.41 bits per heavy atom. The highest BCUT2D eigenvalue weighted by Gasteiger charge is 2.13. The summed E-state index contributed by atoms with van der Waals surface area (Å²) in [5, 5.41) is 20.8. The largest absolute Gasteiger partial charge is 0.490 e. The van der Waals surface area contributed by atoms with E-state index in [4.69, 9.17) is 14.2 Å². The van der Waals surface area contributed by atoms with Crippen LogP contribution in [0.5, 0.6) is 17.2 Å². The van der Waals surface area contributed by atoms with E-state index < -0.39 is 5.91 Å². The van der Waals surface area contributed by atoms with Gasteiger partial charge >= 0.3 is 0 Å². The molecule has 34 heavy (non-hydrogen) atoms. The van der Waals surface area contributed by atoms with Crippen molar-refractivity contribution >= 4 is 28.5 Å². The van der Waals surface area contributed by atoms with Crippen molar-refractivity contribution in [2.45, 2.75) is 27.7 Å². The molecule has 0 bridgehead atoms. The van der Waals surface area contributed by atoms with Crippen molar-refractivity contribution < 1.29 is 19.0 Å². The molecule has 0 saturated carbocycles. The molecule has 0 aliphatic carbocycles. The number of carbonyl (C=O) groups is 1. The Kier molecular flexibility index (Phi) is 8.60. The van der Waals surface area contributed by atoms with Gasteiger partial charge in [0.15, 0.2) is 11.5 Å². The molecule has 0 aliphatic rings. The molecule has 0 atom stereocenters. The Labute approximate surface area is 202 Å². The second-order valence-electron chi connectivity index (χ2n) is 7.36.